The van der Waals surface area contributed by atoms with Gasteiger partial charge in [0.15, 0.2) is 0 Å². The highest BCUT2D eigenvalue weighted by molar-refractivity contribution is 7.98. The fourth-order valence-corrected chi connectivity index (χ4v) is 2.59. The highest BCUT2D eigenvalue weighted by atomic mass is 35.5. The summed E-state index contributed by atoms with van der Waals surface area (Å²) >= 11 is 13.5. The zero-order valence-electron chi connectivity index (χ0n) is 8.01. The lowest BCUT2D eigenvalue weighted by Crippen LogP contribution is -1.85. The van der Waals surface area contributed by atoms with Gasteiger partial charge in [0, 0.05) is 16.7 Å². The number of halogens is 2. The molecule has 0 radical (unpaired) electrons. The van der Waals surface area contributed by atoms with Crippen LogP contribution in [0, 0.1) is 0 Å². The van der Waals surface area contributed by atoms with E-state index in [2.05, 4.69) is 6.07 Å². The number of hydrogen-bond acceptors (Lipinski definition) is 1. The van der Waals surface area contributed by atoms with Crippen molar-refractivity contribution >= 4 is 35.0 Å². The Bertz CT molecular complexity index is 263. The molecule has 3 heteroatoms. The van der Waals surface area contributed by atoms with Gasteiger partial charge in [0.25, 0.3) is 0 Å². The highest BCUT2D eigenvalue weighted by Gasteiger charge is 1.98. The third kappa shape index (κ3) is 4.59. The van der Waals surface area contributed by atoms with Crippen LogP contribution in [0.25, 0.3) is 0 Å². The zero-order valence-corrected chi connectivity index (χ0v) is 10.3. The minimum Gasteiger partial charge on any atom is -0.157 e. The minimum absolute atomic E-state index is 0.770. The summed E-state index contributed by atoms with van der Waals surface area (Å²) in [5.41, 5.74) is 1.23. The summed E-state index contributed by atoms with van der Waals surface area (Å²) in [5.74, 6) is 2.94. The van der Waals surface area contributed by atoms with Crippen molar-refractivity contribution in [2.75, 3.05) is 11.6 Å². The van der Waals surface area contributed by atoms with Crippen LogP contribution in [0.1, 0.15) is 18.4 Å². The van der Waals surface area contributed by atoms with E-state index < -0.39 is 0 Å². The molecule has 0 aliphatic heterocycles. The van der Waals surface area contributed by atoms with E-state index in [4.69, 9.17) is 23.2 Å². The standard InChI is InChI=1S/C11H14Cl2S/c12-7-3-4-8-14-9-10-5-1-2-6-11(10)13/h1-2,5-6H,3-4,7-9H2. The predicted molar refractivity (Wildman–Crippen MR) is 67.6 cm³/mol. The molecule has 0 N–H and O–H groups in total. The maximum absolute atomic E-state index is 6.03. The molecule has 0 aliphatic rings. The molecule has 0 heterocycles. The van der Waals surface area contributed by atoms with Crippen LogP contribution < -0.4 is 0 Å². The van der Waals surface area contributed by atoms with Crippen molar-refractivity contribution < 1.29 is 0 Å². The minimum atomic E-state index is 0.770. The highest BCUT2D eigenvalue weighted by Crippen LogP contribution is 2.21. The van der Waals surface area contributed by atoms with Gasteiger partial charge < -0.3 is 0 Å². The number of benzene rings is 1. The van der Waals surface area contributed by atoms with Crippen LogP contribution in [0.4, 0.5) is 0 Å². The number of rotatable bonds is 6. The van der Waals surface area contributed by atoms with Crippen molar-refractivity contribution in [3.05, 3.63) is 34.9 Å². The molecule has 1 rings (SSSR count). The average molecular weight is 249 g/mol. The summed E-state index contributed by atoms with van der Waals surface area (Å²) in [6.07, 6.45) is 2.30. The maximum Gasteiger partial charge on any atom is 0.0446 e. The lowest BCUT2D eigenvalue weighted by Gasteiger charge is -2.03. The topological polar surface area (TPSA) is 0 Å². The summed E-state index contributed by atoms with van der Waals surface area (Å²) in [7, 11) is 0. The van der Waals surface area contributed by atoms with E-state index in [0.717, 1.165) is 28.8 Å². The third-order valence-electron chi connectivity index (χ3n) is 1.89. The predicted octanol–water partition coefficient (Wildman–Crippen LogP) is 4.59. The van der Waals surface area contributed by atoms with E-state index in [9.17, 15) is 0 Å². The Labute approximate surface area is 100.0 Å². The van der Waals surface area contributed by atoms with E-state index in [-0.39, 0.29) is 0 Å². The number of thioether (sulfide) groups is 1. The SMILES string of the molecule is ClCCCCSCc1ccccc1Cl. The van der Waals surface area contributed by atoms with E-state index in [1.165, 1.54) is 12.0 Å². The van der Waals surface area contributed by atoms with Crippen molar-refractivity contribution in [3.8, 4) is 0 Å². The molecule has 78 valence electrons. The molecule has 1 aromatic carbocycles. The second-order valence-electron chi connectivity index (χ2n) is 3.04. The van der Waals surface area contributed by atoms with Gasteiger partial charge in [-0.3, -0.25) is 0 Å². The van der Waals surface area contributed by atoms with Gasteiger partial charge >= 0.3 is 0 Å². The zero-order chi connectivity index (χ0) is 10.2. The van der Waals surface area contributed by atoms with Gasteiger partial charge in [-0.15, -0.1) is 11.6 Å². The van der Waals surface area contributed by atoms with E-state index in [1.54, 1.807) is 0 Å². The van der Waals surface area contributed by atoms with Gasteiger partial charge in [-0.05, 0) is 30.2 Å². The van der Waals surface area contributed by atoms with Crippen LogP contribution in [0.5, 0.6) is 0 Å². The molecular formula is C11H14Cl2S. The third-order valence-corrected chi connectivity index (χ3v) is 3.62. The first-order valence-corrected chi connectivity index (χ1v) is 6.78. The van der Waals surface area contributed by atoms with Crippen LogP contribution in [0.3, 0.4) is 0 Å². The molecule has 14 heavy (non-hydrogen) atoms. The quantitative estimate of drug-likeness (QED) is 0.524. The Balaban J connectivity index is 2.21. The van der Waals surface area contributed by atoms with Crippen LogP contribution in [-0.2, 0) is 5.75 Å². The van der Waals surface area contributed by atoms with Gasteiger partial charge in [-0.1, -0.05) is 29.8 Å². The fraction of sp³-hybridized carbons (Fsp3) is 0.455. The largest absolute Gasteiger partial charge is 0.157 e. The second-order valence-corrected chi connectivity index (χ2v) is 4.93. The van der Waals surface area contributed by atoms with Crippen LogP contribution in [0.2, 0.25) is 5.02 Å². The monoisotopic (exact) mass is 248 g/mol. The lowest BCUT2D eigenvalue weighted by atomic mass is 10.2. The van der Waals surface area contributed by atoms with Crippen molar-refractivity contribution in [1.29, 1.82) is 0 Å². The smallest absolute Gasteiger partial charge is 0.0446 e. The molecule has 0 saturated heterocycles. The molecule has 0 aromatic heterocycles. The molecular weight excluding hydrogens is 235 g/mol. The number of alkyl halides is 1. The molecule has 0 bridgehead atoms. The summed E-state index contributed by atoms with van der Waals surface area (Å²) in [5, 5.41) is 0.873. The van der Waals surface area contributed by atoms with E-state index in [0.29, 0.717) is 0 Å². The number of unbranched alkanes of at least 4 members (excludes halogenated alkanes) is 1. The van der Waals surface area contributed by atoms with Gasteiger partial charge in [0.1, 0.15) is 0 Å². The first kappa shape index (κ1) is 12.2. The summed E-state index contributed by atoms with van der Waals surface area (Å²) in [4.78, 5) is 0. The first-order valence-electron chi connectivity index (χ1n) is 4.71. The molecule has 0 amide bonds. The number of hydrogen-bond donors (Lipinski definition) is 0. The van der Waals surface area contributed by atoms with Gasteiger partial charge in [0.2, 0.25) is 0 Å². The molecule has 0 atom stereocenters. The Hall–Kier alpha value is 0.150. The van der Waals surface area contributed by atoms with Crippen LogP contribution in [0.15, 0.2) is 24.3 Å². The van der Waals surface area contributed by atoms with Crippen LogP contribution >= 0.6 is 35.0 Å². The molecule has 0 unspecified atom stereocenters. The first-order chi connectivity index (χ1) is 6.84. The molecule has 0 aliphatic carbocycles. The van der Waals surface area contributed by atoms with Crippen molar-refractivity contribution in [1.82, 2.24) is 0 Å². The van der Waals surface area contributed by atoms with E-state index in [1.807, 2.05) is 30.0 Å². The van der Waals surface area contributed by atoms with Crippen LogP contribution in [-0.4, -0.2) is 11.6 Å². The van der Waals surface area contributed by atoms with Crippen molar-refractivity contribution in [2.45, 2.75) is 18.6 Å². The van der Waals surface area contributed by atoms with E-state index >= 15 is 0 Å². The molecule has 0 fully saturated rings. The Morgan fingerprint density at radius 3 is 2.64 bits per heavy atom. The average Bonchev–Trinajstić information content (AvgIpc) is 2.20. The lowest BCUT2D eigenvalue weighted by molar-refractivity contribution is 0.902. The summed E-state index contributed by atoms with van der Waals surface area (Å²) in [6, 6.07) is 8.01. The normalized spacial score (nSPS) is 10.4. The Morgan fingerprint density at radius 2 is 1.93 bits per heavy atom. The molecule has 0 nitrogen and oxygen atoms in total. The summed E-state index contributed by atoms with van der Waals surface area (Å²) < 4.78 is 0. The second kappa shape index (κ2) is 7.44. The Kier molecular flexibility index (Phi) is 6.50. The fourth-order valence-electron chi connectivity index (χ4n) is 1.10. The van der Waals surface area contributed by atoms with Gasteiger partial charge in [0.05, 0.1) is 0 Å². The molecule has 0 spiro atoms. The van der Waals surface area contributed by atoms with Crippen molar-refractivity contribution in [2.24, 2.45) is 0 Å². The van der Waals surface area contributed by atoms with Gasteiger partial charge in [-0.25, -0.2) is 0 Å². The Morgan fingerprint density at radius 1 is 1.14 bits per heavy atom. The molecule has 1 aromatic rings. The van der Waals surface area contributed by atoms with Gasteiger partial charge in [-0.2, -0.15) is 11.8 Å². The molecule has 0 saturated carbocycles. The van der Waals surface area contributed by atoms with Crippen molar-refractivity contribution in [3.63, 3.8) is 0 Å². The summed E-state index contributed by atoms with van der Waals surface area (Å²) in [6.45, 7) is 0. The maximum atomic E-state index is 6.03.